The van der Waals surface area contributed by atoms with E-state index < -0.39 is 0 Å². The Morgan fingerprint density at radius 2 is 2.22 bits per heavy atom. The molecule has 0 radical (unpaired) electrons. The van der Waals surface area contributed by atoms with Crippen molar-refractivity contribution in [1.29, 1.82) is 0 Å². The van der Waals surface area contributed by atoms with Gasteiger partial charge in [0.1, 0.15) is 5.75 Å². The lowest BCUT2D eigenvalue weighted by Crippen LogP contribution is -2.24. The normalized spacial score (nSPS) is 16.6. The first-order valence-corrected chi connectivity index (χ1v) is 6.71. The summed E-state index contributed by atoms with van der Waals surface area (Å²) in [7, 11) is 1.62. The van der Waals surface area contributed by atoms with Gasteiger partial charge in [-0.1, -0.05) is 17.7 Å². The Morgan fingerprint density at radius 3 is 2.78 bits per heavy atom. The van der Waals surface area contributed by atoms with Crippen LogP contribution >= 0.6 is 11.6 Å². The van der Waals surface area contributed by atoms with Gasteiger partial charge in [-0.05, 0) is 42.4 Å². The SMILES string of the molecule is COc1ccc(CNCC2(CCO)CC2)cc1Cl. The van der Waals surface area contributed by atoms with Crippen LogP contribution in [0.15, 0.2) is 18.2 Å². The maximum atomic E-state index is 8.99. The maximum Gasteiger partial charge on any atom is 0.137 e. The zero-order chi connectivity index (χ0) is 13.0. The highest BCUT2D eigenvalue weighted by Crippen LogP contribution is 2.47. The molecule has 3 nitrogen and oxygen atoms in total. The molecule has 0 heterocycles. The second-order valence-corrected chi connectivity index (χ2v) is 5.45. The van der Waals surface area contributed by atoms with E-state index in [4.69, 9.17) is 21.4 Å². The summed E-state index contributed by atoms with van der Waals surface area (Å²) in [4.78, 5) is 0. The number of aliphatic hydroxyl groups excluding tert-OH is 1. The summed E-state index contributed by atoms with van der Waals surface area (Å²) in [5, 5.41) is 13.1. The number of ether oxygens (including phenoxy) is 1. The number of hydrogen-bond donors (Lipinski definition) is 2. The Bertz CT molecular complexity index is 405. The highest BCUT2D eigenvalue weighted by atomic mass is 35.5. The van der Waals surface area contributed by atoms with Crippen molar-refractivity contribution in [2.24, 2.45) is 5.41 Å². The first-order valence-electron chi connectivity index (χ1n) is 6.33. The van der Waals surface area contributed by atoms with Crippen LogP contribution in [-0.2, 0) is 6.54 Å². The topological polar surface area (TPSA) is 41.5 Å². The lowest BCUT2D eigenvalue weighted by molar-refractivity contribution is 0.245. The highest BCUT2D eigenvalue weighted by molar-refractivity contribution is 6.32. The van der Waals surface area contributed by atoms with Gasteiger partial charge in [-0.25, -0.2) is 0 Å². The van der Waals surface area contributed by atoms with Gasteiger partial charge in [0.05, 0.1) is 12.1 Å². The van der Waals surface area contributed by atoms with Crippen molar-refractivity contribution in [1.82, 2.24) is 5.32 Å². The van der Waals surface area contributed by atoms with E-state index in [-0.39, 0.29) is 6.61 Å². The number of benzene rings is 1. The second kappa shape index (κ2) is 5.91. The molecule has 0 bridgehead atoms. The zero-order valence-electron chi connectivity index (χ0n) is 10.7. The van der Waals surface area contributed by atoms with Gasteiger partial charge in [0.25, 0.3) is 0 Å². The molecule has 1 aromatic rings. The third-order valence-electron chi connectivity index (χ3n) is 3.64. The van der Waals surface area contributed by atoms with Crippen molar-refractivity contribution in [3.8, 4) is 5.75 Å². The summed E-state index contributed by atoms with van der Waals surface area (Å²) < 4.78 is 5.12. The minimum absolute atomic E-state index is 0.288. The Hall–Kier alpha value is -0.770. The van der Waals surface area contributed by atoms with E-state index in [1.807, 2.05) is 18.2 Å². The Labute approximate surface area is 113 Å². The van der Waals surface area contributed by atoms with E-state index >= 15 is 0 Å². The van der Waals surface area contributed by atoms with Gasteiger partial charge in [0.15, 0.2) is 0 Å². The second-order valence-electron chi connectivity index (χ2n) is 5.05. The summed E-state index contributed by atoms with van der Waals surface area (Å²) >= 11 is 6.07. The van der Waals surface area contributed by atoms with Gasteiger partial charge < -0.3 is 15.2 Å². The molecule has 1 aliphatic rings. The molecule has 0 saturated heterocycles. The van der Waals surface area contributed by atoms with Crippen LogP contribution in [-0.4, -0.2) is 25.4 Å². The molecule has 0 spiro atoms. The zero-order valence-corrected chi connectivity index (χ0v) is 11.5. The van der Waals surface area contributed by atoms with Crippen molar-refractivity contribution in [3.63, 3.8) is 0 Å². The molecule has 0 atom stereocenters. The first kappa shape index (κ1) is 13.7. The number of halogens is 1. The van der Waals surface area contributed by atoms with Crippen molar-refractivity contribution in [2.75, 3.05) is 20.3 Å². The predicted octanol–water partition coefficient (Wildman–Crippen LogP) is 2.60. The molecule has 0 aliphatic heterocycles. The molecule has 0 amide bonds. The van der Waals surface area contributed by atoms with Crippen molar-refractivity contribution in [3.05, 3.63) is 28.8 Å². The minimum atomic E-state index is 0.288. The lowest BCUT2D eigenvalue weighted by Gasteiger charge is -2.14. The number of rotatable bonds is 7. The predicted molar refractivity (Wildman–Crippen MR) is 73.1 cm³/mol. The minimum Gasteiger partial charge on any atom is -0.495 e. The third-order valence-corrected chi connectivity index (χ3v) is 3.94. The van der Waals surface area contributed by atoms with E-state index in [1.54, 1.807) is 7.11 Å². The molecule has 0 aromatic heterocycles. The van der Waals surface area contributed by atoms with Gasteiger partial charge in [0, 0.05) is 19.7 Å². The van der Waals surface area contributed by atoms with Crippen LogP contribution in [0.25, 0.3) is 0 Å². The molecular formula is C14H20ClNO2. The molecule has 4 heteroatoms. The number of aliphatic hydroxyl groups is 1. The first-order chi connectivity index (χ1) is 8.69. The number of hydrogen-bond acceptors (Lipinski definition) is 3. The van der Waals surface area contributed by atoms with Crippen molar-refractivity contribution in [2.45, 2.75) is 25.8 Å². The maximum absolute atomic E-state index is 8.99. The van der Waals surface area contributed by atoms with E-state index in [1.165, 1.54) is 12.8 Å². The average Bonchev–Trinajstić information content (AvgIpc) is 3.10. The van der Waals surface area contributed by atoms with Crippen LogP contribution in [0.3, 0.4) is 0 Å². The fourth-order valence-corrected chi connectivity index (χ4v) is 2.50. The molecule has 18 heavy (non-hydrogen) atoms. The number of methoxy groups -OCH3 is 1. The highest BCUT2D eigenvalue weighted by Gasteiger charge is 2.41. The van der Waals surface area contributed by atoms with E-state index in [9.17, 15) is 0 Å². The molecule has 0 unspecified atom stereocenters. The smallest absolute Gasteiger partial charge is 0.137 e. The fourth-order valence-electron chi connectivity index (χ4n) is 2.22. The van der Waals surface area contributed by atoms with Crippen LogP contribution in [0, 0.1) is 5.41 Å². The quantitative estimate of drug-likeness (QED) is 0.800. The largest absolute Gasteiger partial charge is 0.495 e. The fraction of sp³-hybridized carbons (Fsp3) is 0.571. The Morgan fingerprint density at radius 1 is 1.44 bits per heavy atom. The van der Waals surface area contributed by atoms with E-state index in [2.05, 4.69) is 5.32 Å². The molecule has 100 valence electrons. The third kappa shape index (κ3) is 3.37. The molecule has 1 saturated carbocycles. The van der Waals surface area contributed by atoms with E-state index in [0.29, 0.717) is 16.2 Å². The van der Waals surface area contributed by atoms with Crippen LogP contribution in [0.1, 0.15) is 24.8 Å². The van der Waals surface area contributed by atoms with Gasteiger partial charge in [-0.3, -0.25) is 0 Å². The van der Waals surface area contributed by atoms with Crippen molar-refractivity contribution >= 4 is 11.6 Å². The standard InChI is InChI=1S/C14H20ClNO2/c1-18-13-3-2-11(8-12(13)15)9-16-10-14(4-5-14)6-7-17/h2-3,8,16-17H,4-7,9-10H2,1H3. The monoisotopic (exact) mass is 269 g/mol. The van der Waals surface area contributed by atoms with Crippen LogP contribution in [0.4, 0.5) is 0 Å². The lowest BCUT2D eigenvalue weighted by atomic mass is 10.0. The van der Waals surface area contributed by atoms with Crippen molar-refractivity contribution < 1.29 is 9.84 Å². The molecule has 1 fully saturated rings. The van der Waals surface area contributed by atoms with Gasteiger partial charge in [-0.15, -0.1) is 0 Å². The van der Waals surface area contributed by atoms with Gasteiger partial charge in [-0.2, -0.15) is 0 Å². The molecule has 1 aromatic carbocycles. The summed E-state index contributed by atoms with van der Waals surface area (Å²) in [5.41, 5.74) is 1.51. The van der Waals surface area contributed by atoms with Gasteiger partial charge in [0.2, 0.25) is 0 Å². The summed E-state index contributed by atoms with van der Waals surface area (Å²) in [6, 6.07) is 5.84. The van der Waals surface area contributed by atoms with E-state index in [0.717, 1.165) is 25.1 Å². The summed E-state index contributed by atoms with van der Waals surface area (Å²) in [6.07, 6.45) is 3.36. The van der Waals surface area contributed by atoms with Crippen LogP contribution < -0.4 is 10.1 Å². The number of nitrogens with one attached hydrogen (secondary N) is 1. The molecule has 2 N–H and O–H groups in total. The summed E-state index contributed by atoms with van der Waals surface area (Å²) in [5.74, 6) is 0.708. The van der Waals surface area contributed by atoms with Gasteiger partial charge >= 0.3 is 0 Å². The Balaban J connectivity index is 1.82. The average molecular weight is 270 g/mol. The summed E-state index contributed by atoms with van der Waals surface area (Å²) in [6.45, 7) is 2.06. The van der Waals surface area contributed by atoms with Crippen LogP contribution in [0.2, 0.25) is 5.02 Å². The molecular weight excluding hydrogens is 250 g/mol. The Kier molecular flexibility index (Phi) is 4.49. The van der Waals surface area contributed by atoms with Crippen LogP contribution in [0.5, 0.6) is 5.75 Å². The molecule has 1 aliphatic carbocycles. The molecule has 2 rings (SSSR count).